The summed E-state index contributed by atoms with van der Waals surface area (Å²) in [6.07, 6.45) is 4.61. The highest BCUT2D eigenvalue weighted by atomic mass is 32.2. The molecule has 6 nitrogen and oxygen atoms in total. The second-order valence-corrected chi connectivity index (χ2v) is 8.01. The second kappa shape index (κ2) is 11.5. The third-order valence-corrected chi connectivity index (χ3v) is 5.36. The van der Waals surface area contributed by atoms with Crippen LogP contribution < -0.4 is 15.8 Å². The van der Waals surface area contributed by atoms with Crippen molar-refractivity contribution in [2.45, 2.75) is 39.2 Å². The van der Waals surface area contributed by atoms with Gasteiger partial charge >= 0.3 is 5.97 Å². The van der Waals surface area contributed by atoms with Crippen molar-refractivity contribution in [2.75, 3.05) is 23.9 Å². The van der Waals surface area contributed by atoms with Crippen molar-refractivity contribution in [3.05, 3.63) is 58.7 Å². The Morgan fingerprint density at radius 2 is 1.97 bits per heavy atom. The zero-order chi connectivity index (χ0) is 22.1. The third-order valence-electron chi connectivity index (χ3n) is 4.78. The lowest BCUT2D eigenvalue weighted by molar-refractivity contribution is -0.138. The molecule has 0 fully saturated rings. The van der Waals surface area contributed by atoms with E-state index < -0.39 is 12.0 Å². The molecular formula is C23H31N3O3S. The summed E-state index contributed by atoms with van der Waals surface area (Å²) in [4.78, 5) is 12.3. The summed E-state index contributed by atoms with van der Waals surface area (Å²) < 4.78 is 6.11. The third kappa shape index (κ3) is 6.16. The minimum Gasteiger partial charge on any atom is -0.492 e. The number of carboxylic acid groups (broad SMARTS) is 1. The van der Waals surface area contributed by atoms with E-state index in [0.717, 1.165) is 36.1 Å². The average Bonchev–Trinajstić information content (AvgIpc) is 2.73. The van der Waals surface area contributed by atoms with Crippen LogP contribution in [0.25, 0.3) is 0 Å². The molecule has 0 bridgehead atoms. The molecule has 0 aromatic heterocycles. The molecule has 2 rings (SSSR count). The summed E-state index contributed by atoms with van der Waals surface area (Å²) in [5, 5.41) is 20.7. The number of carboxylic acids is 1. The molecule has 0 spiro atoms. The summed E-state index contributed by atoms with van der Waals surface area (Å²) >= 11 is 1.69. The topological polar surface area (TPSA) is 108 Å². The maximum absolute atomic E-state index is 12.3. The number of hydrogen-bond donors (Lipinski definition) is 4. The molecule has 0 amide bonds. The fraction of sp³-hybridized carbons (Fsp3) is 0.391. The van der Waals surface area contributed by atoms with Gasteiger partial charge in [-0.15, -0.1) is 0 Å². The van der Waals surface area contributed by atoms with E-state index in [0.29, 0.717) is 29.2 Å². The Hall–Kier alpha value is -2.67. The smallest absolute Gasteiger partial charge is 0.330 e. The summed E-state index contributed by atoms with van der Waals surface area (Å²) in [5.41, 5.74) is 9.52. The zero-order valence-electron chi connectivity index (χ0n) is 17.8. The first-order chi connectivity index (χ1) is 14.4. The number of thioether (sulfide) groups is 1. The van der Waals surface area contributed by atoms with Crippen molar-refractivity contribution >= 4 is 29.3 Å². The van der Waals surface area contributed by atoms with Crippen LogP contribution in [0.15, 0.2) is 36.4 Å². The maximum atomic E-state index is 12.3. The molecule has 0 aliphatic carbocycles. The number of hydrogen-bond acceptors (Lipinski definition) is 5. The van der Waals surface area contributed by atoms with E-state index >= 15 is 0 Å². The number of nitrogen functional groups attached to an aromatic ring is 1. The standard InChI is InChI=1S/C23H31N3O3S/c1-4-6-17-13-15(5-2)14-19(21(17)29-11-12-30-3)20(23(27)28)26-18-9-7-16(8-10-18)22(24)25/h7-10,13-14,20,26H,4-6,11-12H2,1-3H3,(H3,24,25)(H,27,28). The molecule has 30 heavy (non-hydrogen) atoms. The SMILES string of the molecule is CCCc1cc(CC)cc(C(Nc2ccc(C(=N)N)cc2)C(=O)O)c1OCCSC. The number of aliphatic carboxylic acids is 1. The van der Waals surface area contributed by atoms with Gasteiger partial charge in [0.15, 0.2) is 6.04 Å². The Kier molecular flexibility index (Phi) is 9.05. The van der Waals surface area contributed by atoms with E-state index in [1.54, 1.807) is 36.0 Å². The van der Waals surface area contributed by atoms with Gasteiger partial charge in [0.05, 0.1) is 6.61 Å². The monoisotopic (exact) mass is 429 g/mol. The molecule has 162 valence electrons. The van der Waals surface area contributed by atoms with Crippen molar-refractivity contribution < 1.29 is 14.6 Å². The van der Waals surface area contributed by atoms with E-state index in [1.807, 2.05) is 12.3 Å². The molecule has 0 aliphatic rings. The molecule has 2 aromatic rings. The number of nitrogens with one attached hydrogen (secondary N) is 2. The lowest BCUT2D eigenvalue weighted by Gasteiger charge is -2.23. The Labute approximate surface area is 182 Å². The number of carbonyl (C=O) groups is 1. The average molecular weight is 430 g/mol. The van der Waals surface area contributed by atoms with E-state index in [2.05, 4.69) is 25.2 Å². The van der Waals surface area contributed by atoms with E-state index in [-0.39, 0.29) is 5.84 Å². The summed E-state index contributed by atoms with van der Waals surface area (Å²) in [6.45, 7) is 4.69. The minimum absolute atomic E-state index is 0.0272. The molecule has 1 atom stereocenters. The van der Waals surface area contributed by atoms with Crippen LogP contribution in [0.5, 0.6) is 5.75 Å². The molecule has 0 heterocycles. The zero-order valence-corrected chi connectivity index (χ0v) is 18.6. The van der Waals surface area contributed by atoms with Crippen LogP contribution in [0, 0.1) is 5.41 Å². The molecule has 5 N–H and O–H groups in total. The first kappa shape index (κ1) is 23.6. The van der Waals surface area contributed by atoms with Gasteiger partial charge in [-0.05, 0) is 60.6 Å². The normalized spacial score (nSPS) is 11.7. The Morgan fingerprint density at radius 1 is 1.27 bits per heavy atom. The summed E-state index contributed by atoms with van der Waals surface area (Å²) in [7, 11) is 0. The van der Waals surface area contributed by atoms with Crippen LogP contribution in [-0.2, 0) is 17.6 Å². The number of ether oxygens (including phenoxy) is 1. The van der Waals surface area contributed by atoms with Crippen LogP contribution in [0.3, 0.4) is 0 Å². The van der Waals surface area contributed by atoms with E-state index in [4.69, 9.17) is 15.9 Å². The van der Waals surface area contributed by atoms with Gasteiger partial charge in [-0.3, -0.25) is 5.41 Å². The van der Waals surface area contributed by atoms with Gasteiger partial charge in [-0.25, -0.2) is 4.79 Å². The first-order valence-electron chi connectivity index (χ1n) is 10.1. The predicted molar refractivity (Wildman–Crippen MR) is 125 cm³/mol. The van der Waals surface area contributed by atoms with Crippen LogP contribution in [0.4, 0.5) is 5.69 Å². The molecule has 0 saturated carbocycles. The van der Waals surface area contributed by atoms with E-state index in [1.165, 1.54) is 0 Å². The molecule has 7 heteroatoms. The largest absolute Gasteiger partial charge is 0.492 e. The Bertz CT molecular complexity index is 869. The molecule has 2 aromatic carbocycles. The van der Waals surface area contributed by atoms with Crippen molar-refractivity contribution in [1.29, 1.82) is 5.41 Å². The van der Waals surface area contributed by atoms with Crippen LogP contribution in [-0.4, -0.2) is 35.5 Å². The number of aryl methyl sites for hydroxylation is 2. The molecule has 0 aliphatic heterocycles. The quantitative estimate of drug-likeness (QED) is 0.225. The molecule has 1 unspecified atom stereocenters. The predicted octanol–water partition coefficient (Wildman–Crippen LogP) is 4.47. The number of amidine groups is 1. The fourth-order valence-electron chi connectivity index (χ4n) is 3.24. The van der Waals surface area contributed by atoms with Gasteiger partial charge in [0.1, 0.15) is 11.6 Å². The van der Waals surface area contributed by atoms with Crippen molar-refractivity contribution in [3.63, 3.8) is 0 Å². The Balaban J connectivity index is 2.48. The maximum Gasteiger partial charge on any atom is 0.330 e. The number of rotatable bonds is 12. The van der Waals surface area contributed by atoms with Crippen LogP contribution >= 0.6 is 11.8 Å². The highest BCUT2D eigenvalue weighted by Crippen LogP contribution is 2.34. The van der Waals surface area contributed by atoms with Gasteiger partial charge in [-0.1, -0.05) is 26.3 Å². The van der Waals surface area contributed by atoms with Crippen molar-refractivity contribution in [3.8, 4) is 5.75 Å². The van der Waals surface area contributed by atoms with Gasteiger partial charge < -0.3 is 20.9 Å². The second-order valence-electron chi connectivity index (χ2n) is 7.02. The number of nitrogens with two attached hydrogens (primary N) is 1. The van der Waals surface area contributed by atoms with Gasteiger partial charge in [0, 0.05) is 22.6 Å². The molecule has 0 radical (unpaired) electrons. The number of benzene rings is 2. The first-order valence-corrected chi connectivity index (χ1v) is 11.5. The van der Waals surface area contributed by atoms with Crippen LogP contribution in [0.2, 0.25) is 0 Å². The van der Waals surface area contributed by atoms with Gasteiger partial charge in [-0.2, -0.15) is 11.8 Å². The minimum atomic E-state index is -0.976. The number of anilines is 1. The molecule has 0 saturated heterocycles. The molecular weight excluding hydrogens is 398 g/mol. The van der Waals surface area contributed by atoms with Gasteiger partial charge in [0.25, 0.3) is 0 Å². The van der Waals surface area contributed by atoms with E-state index in [9.17, 15) is 9.90 Å². The Morgan fingerprint density at radius 3 is 2.50 bits per heavy atom. The summed E-state index contributed by atoms with van der Waals surface area (Å²) in [5.74, 6) is 0.498. The van der Waals surface area contributed by atoms with Gasteiger partial charge in [0.2, 0.25) is 0 Å². The van der Waals surface area contributed by atoms with Crippen LogP contribution in [0.1, 0.15) is 48.6 Å². The van der Waals surface area contributed by atoms with Crippen molar-refractivity contribution in [1.82, 2.24) is 0 Å². The lowest BCUT2D eigenvalue weighted by atomic mass is 9.95. The fourth-order valence-corrected chi connectivity index (χ4v) is 3.49. The van der Waals surface area contributed by atoms with Crippen molar-refractivity contribution in [2.24, 2.45) is 5.73 Å². The lowest BCUT2D eigenvalue weighted by Crippen LogP contribution is -2.22. The summed E-state index contributed by atoms with van der Waals surface area (Å²) in [6, 6.07) is 9.97. The highest BCUT2D eigenvalue weighted by Gasteiger charge is 2.26. The highest BCUT2D eigenvalue weighted by molar-refractivity contribution is 7.98.